The molecule has 78 valence electrons. The van der Waals surface area contributed by atoms with Gasteiger partial charge in [0.05, 0.1) is 0 Å². The van der Waals surface area contributed by atoms with Gasteiger partial charge in [-0.25, -0.2) is 0 Å². The zero-order valence-electron chi connectivity index (χ0n) is 8.03. The van der Waals surface area contributed by atoms with Crippen LogP contribution in [0.5, 0.6) is 0 Å². The Balaban J connectivity index is 0.000000210. The molecule has 0 amide bonds. The smallest absolute Gasteiger partial charge is 0.171 e. The zero-order valence-corrected chi connectivity index (χ0v) is 12.8. The molecule has 0 saturated heterocycles. The van der Waals surface area contributed by atoms with Crippen LogP contribution in [-0.4, -0.2) is 0 Å². The fourth-order valence-corrected chi connectivity index (χ4v) is 0.684. The van der Waals surface area contributed by atoms with E-state index in [1.54, 1.807) is 0 Å². The van der Waals surface area contributed by atoms with Crippen LogP contribution >= 0.6 is 26.3 Å². The van der Waals surface area contributed by atoms with Gasteiger partial charge in [-0.15, -0.1) is 0 Å². The fraction of sp³-hybridized carbons (Fsp3) is 0. The molecule has 0 aliphatic rings. The van der Waals surface area contributed by atoms with Gasteiger partial charge in [-0.3, -0.25) is 0 Å². The van der Waals surface area contributed by atoms with Crippen LogP contribution in [0.1, 0.15) is 0 Å². The van der Waals surface area contributed by atoms with Gasteiger partial charge in [0, 0.05) is 0 Å². The minimum Gasteiger partial charge on any atom is -0.184 e. The molecule has 0 bridgehead atoms. The molecular formula is C12H10Br2Ti-2. The molecule has 15 heavy (non-hydrogen) atoms. The standard InChI is InChI=1S/2C6H5.2BrH.Ti/c2*1-2-4-6-5-3-1;;;/h2*1-5H;2*1H;/q2*-1;;;+2/p-2. The summed E-state index contributed by atoms with van der Waals surface area (Å²) in [6.07, 6.45) is 0. The Morgan fingerprint density at radius 2 is 0.867 bits per heavy atom. The number of benzene rings is 2. The summed E-state index contributed by atoms with van der Waals surface area (Å²) in [7, 11) is 0. The van der Waals surface area contributed by atoms with Crippen molar-refractivity contribution in [3.63, 3.8) is 0 Å². The first-order valence-electron chi connectivity index (χ1n) is 4.20. The third-order valence-electron chi connectivity index (χ3n) is 1.21. The van der Waals surface area contributed by atoms with Gasteiger partial charge in [0.1, 0.15) is 0 Å². The number of rotatable bonds is 0. The van der Waals surface area contributed by atoms with Gasteiger partial charge in [0.2, 0.25) is 0 Å². The quantitative estimate of drug-likeness (QED) is 0.473. The van der Waals surface area contributed by atoms with E-state index >= 15 is 0 Å². The van der Waals surface area contributed by atoms with E-state index in [0.29, 0.717) is 0 Å². The van der Waals surface area contributed by atoms with Crippen LogP contribution in [0.3, 0.4) is 0 Å². The normalized spacial score (nSPS) is 7.33. The van der Waals surface area contributed by atoms with E-state index in [9.17, 15) is 0 Å². The van der Waals surface area contributed by atoms with Crippen molar-refractivity contribution >= 4 is 26.3 Å². The van der Waals surface area contributed by atoms with Crippen molar-refractivity contribution in [3.05, 3.63) is 72.8 Å². The van der Waals surface area contributed by atoms with E-state index in [1.165, 1.54) is 0 Å². The van der Waals surface area contributed by atoms with E-state index in [4.69, 9.17) is 0 Å². The molecule has 0 aromatic heterocycles. The Kier molecular flexibility index (Phi) is 14.2. The van der Waals surface area contributed by atoms with Gasteiger partial charge in [0.25, 0.3) is 0 Å². The van der Waals surface area contributed by atoms with Crippen molar-refractivity contribution < 1.29 is 15.0 Å². The fourth-order valence-electron chi connectivity index (χ4n) is 0.684. The molecule has 0 aliphatic heterocycles. The molecule has 0 nitrogen and oxygen atoms in total. The second-order valence-electron chi connectivity index (χ2n) is 2.23. The minimum absolute atomic E-state index is 0.125. The van der Waals surface area contributed by atoms with Crippen molar-refractivity contribution in [2.75, 3.05) is 0 Å². The summed E-state index contributed by atoms with van der Waals surface area (Å²) in [4.78, 5) is 0. The molecule has 0 heterocycles. The second-order valence-corrected chi connectivity index (χ2v) is 10.1. The predicted molar refractivity (Wildman–Crippen MR) is 68.4 cm³/mol. The topological polar surface area (TPSA) is 0 Å². The summed E-state index contributed by atoms with van der Waals surface area (Å²) in [6.45, 7) is 0. The van der Waals surface area contributed by atoms with Crippen LogP contribution in [-0.2, 0) is 15.0 Å². The maximum Gasteiger partial charge on any atom is -0.171 e. The third-order valence-corrected chi connectivity index (χ3v) is 1.21. The Morgan fingerprint density at radius 1 is 0.600 bits per heavy atom. The van der Waals surface area contributed by atoms with Crippen LogP contribution in [0.2, 0.25) is 0 Å². The van der Waals surface area contributed by atoms with Gasteiger partial charge in [-0.05, 0) is 0 Å². The summed E-state index contributed by atoms with van der Waals surface area (Å²) >= 11 is 6.50. The predicted octanol–water partition coefficient (Wildman–Crippen LogP) is 4.66. The first-order chi connectivity index (χ1) is 7.41. The van der Waals surface area contributed by atoms with E-state index in [1.807, 2.05) is 60.7 Å². The van der Waals surface area contributed by atoms with E-state index in [0.717, 1.165) is 0 Å². The molecule has 0 unspecified atom stereocenters. The summed E-state index contributed by atoms with van der Waals surface area (Å²) in [5.74, 6) is 0. The van der Waals surface area contributed by atoms with Crippen molar-refractivity contribution in [2.45, 2.75) is 0 Å². The Labute approximate surface area is 113 Å². The van der Waals surface area contributed by atoms with Gasteiger partial charge < -0.3 is 0 Å². The van der Waals surface area contributed by atoms with Crippen LogP contribution in [0, 0.1) is 12.1 Å². The zero-order chi connectivity index (χ0) is 11.2. The van der Waals surface area contributed by atoms with Crippen molar-refractivity contribution in [3.8, 4) is 0 Å². The molecule has 3 heteroatoms. The average molecular weight is 362 g/mol. The van der Waals surface area contributed by atoms with Gasteiger partial charge in [-0.1, -0.05) is 0 Å². The average Bonchev–Trinajstić information content (AvgIpc) is 2.35. The van der Waals surface area contributed by atoms with E-state index in [-0.39, 0.29) is 15.0 Å². The summed E-state index contributed by atoms with van der Waals surface area (Å²) in [5.41, 5.74) is 0. The molecule has 0 fully saturated rings. The number of halogens is 2. The van der Waals surface area contributed by atoms with Gasteiger partial charge in [0.15, 0.2) is 0 Å². The molecule has 0 saturated carbocycles. The van der Waals surface area contributed by atoms with E-state index < -0.39 is 0 Å². The van der Waals surface area contributed by atoms with Gasteiger partial charge >= 0.3 is 41.3 Å². The number of hydrogen-bond donors (Lipinski definition) is 0. The molecule has 0 N–H and O–H groups in total. The summed E-state index contributed by atoms with van der Waals surface area (Å²) in [6, 6.07) is 25.0. The summed E-state index contributed by atoms with van der Waals surface area (Å²) in [5, 5.41) is 0. The Hall–Kier alpha value is 0.114. The molecule has 2 rings (SSSR count). The third kappa shape index (κ3) is 14.1. The Bertz CT molecular complexity index is 202. The van der Waals surface area contributed by atoms with Crippen molar-refractivity contribution in [2.24, 2.45) is 0 Å². The molecular weight excluding hydrogens is 352 g/mol. The summed E-state index contributed by atoms with van der Waals surface area (Å²) < 4.78 is 0. The van der Waals surface area contributed by atoms with Crippen LogP contribution in [0.15, 0.2) is 60.7 Å². The molecule has 2 aromatic carbocycles. The minimum atomic E-state index is 0.125. The Morgan fingerprint density at radius 3 is 0.933 bits per heavy atom. The first kappa shape index (κ1) is 15.1. The SMILES string of the molecule is [Br][Ti][Br].[c-]1ccccc1.[c-]1ccccc1. The molecule has 0 radical (unpaired) electrons. The molecule has 0 spiro atoms. The first-order valence-corrected chi connectivity index (χ1v) is 11.9. The van der Waals surface area contributed by atoms with Crippen molar-refractivity contribution in [1.29, 1.82) is 0 Å². The van der Waals surface area contributed by atoms with Crippen LogP contribution < -0.4 is 0 Å². The molecule has 2 aromatic rings. The maximum absolute atomic E-state index is 3.19. The van der Waals surface area contributed by atoms with E-state index in [2.05, 4.69) is 38.5 Å². The second kappa shape index (κ2) is 14.1. The van der Waals surface area contributed by atoms with Crippen LogP contribution in [0.25, 0.3) is 0 Å². The van der Waals surface area contributed by atoms with Crippen LogP contribution in [0.4, 0.5) is 0 Å². The van der Waals surface area contributed by atoms with Gasteiger partial charge in [-0.2, -0.15) is 72.8 Å². The largest absolute Gasteiger partial charge is 0.184 e. The van der Waals surface area contributed by atoms with Crippen molar-refractivity contribution in [1.82, 2.24) is 0 Å². The monoisotopic (exact) mass is 360 g/mol. The molecule has 0 aliphatic carbocycles. The maximum atomic E-state index is 3.19. The number of hydrogen-bond acceptors (Lipinski definition) is 0. The molecule has 0 atom stereocenters.